The fourth-order valence-electron chi connectivity index (χ4n) is 2.06. The molecule has 0 amide bonds. The van der Waals surface area contributed by atoms with Gasteiger partial charge in [-0.05, 0) is 37.1 Å². The Morgan fingerprint density at radius 1 is 1.00 bits per heavy atom. The molecule has 0 aromatic heterocycles. The topological polar surface area (TPSA) is 41.5 Å². The van der Waals surface area contributed by atoms with Crippen molar-refractivity contribution in [2.45, 2.75) is 32.6 Å². The molecule has 2 rings (SSSR count). The largest absolute Gasteiger partial charge is 0.489 e. The van der Waals surface area contributed by atoms with Crippen LogP contribution in [0, 0.1) is 0 Å². The lowest BCUT2D eigenvalue weighted by molar-refractivity contribution is 0.187. The van der Waals surface area contributed by atoms with Crippen LogP contribution in [0.2, 0.25) is 0 Å². The van der Waals surface area contributed by atoms with Crippen molar-refractivity contribution in [3.8, 4) is 5.75 Å². The number of ether oxygens (including phenoxy) is 1. The summed E-state index contributed by atoms with van der Waals surface area (Å²) in [7, 11) is 0. The minimum Gasteiger partial charge on any atom is -0.489 e. The van der Waals surface area contributed by atoms with E-state index in [1.54, 1.807) is 6.92 Å². The third kappa shape index (κ3) is 5.21. The fraction of sp³-hybridized carbons (Fsp3) is 0.333. The molecule has 2 aromatic carbocycles. The molecule has 2 aromatic rings. The Balaban J connectivity index is 1.87. The van der Waals surface area contributed by atoms with Gasteiger partial charge in [0.2, 0.25) is 0 Å². The van der Waals surface area contributed by atoms with Crippen LogP contribution in [-0.4, -0.2) is 17.8 Å². The van der Waals surface area contributed by atoms with Crippen LogP contribution >= 0.6 is 0 Å². The number of rotatable bonds is 7. The predicted octanol–water partition coefficient (Wildman–Crippen LogP) is 3.30. The second-order valence-corrected chi connectivity index (χ2v) is 5.32. The van der Waals surface area contributed by atoms with E-state index in [1.165, 1.54) is 5.56 Å². The van der Waals surface area contributed by atoms with Crippen molar-refractivity contribution in [3.63, 3.8) is 0 Å². The Bertz CT molecular complexity index is 523. The SMILES string of the molecule is CC(O)CNC(C)c1ccc(OCc2ccccc2)cc1. The second-order valence-electron chi connectivity index (χ2n) is 5.32. The molecule has 3 nitrogen and oxygen atoms in total. The molecule has 112 valence electrons. The third-order valence-corrected chi connectivity index (χ3v) is 3.35. The van der Waals surface area contributed by atoms with Gasteiger partial charge in [-0.25, -0.2) is 0 Å². The maximum atomic E-state index is 9.29. The van der Waals surface area contributed by atoms with E-state index < -0.39 is 0 Å². The normalized spacial score (nSPS) is 13.7. The van der Waals surface area contributed by atoms with Gasteiger partial charge in [-0.15, -0.1) is 0 Å². The van der Waals surface area contributed by atoms with Crippen LogP contribution in [0.1, 0.15) is 31.0 Å². The van der Waals surface area contributed by atoms with E-state index >= 15 is 0 Å². The number of benzene rings is 2. The summed E-state index contributed by atoms with van der Waals surface area (Å²) >= 11 is 0. The summed E-state index contributed by atoms with van der Waals surface area (Å²) in [4.78, 5) is 0. The van der Waals surface area contributed by atoms with E-state index in [9.17, 15) is 5.11 Å². The molecule has 21 heavy (non-hydrogen) atoms. The molecule has 0 spiro atoms. The van der Waals surface area contributed by atoms with Crippen molar-refractivity contribution in [1.29, 1.82) is 0 Å². The van der Waals surface area contributed by atoms with Crippen molar-refractivity contribution in [1.82, 2.24) is 5.32 Å². The van der Waals surface area contributed by atoms with Crippen LogP contribution in [0.5, 0.6) is 5.75 Å². The highest BCUT2D eigenvalue weighted by Crippen LogP contribution is 2.18. The first-order chi connectivity index (χ1) is 10.1. The Morgan fingerprint density at radius 3 is 2.29 bits per heavy atom. The number of aliphatic hydroxyl groups is 1. The number of hydrogen-bond donors (Lipinski definition) is 2. The lowest BCUT2D eigenvalue weighted by Crippen LogP contribution is -2.27. The summed E-state index contributed by atoms with van der Waals surface area (Å²) in [6.07, 6.45) is -0.332. The summed E-state index contributed by atoms with van der Waals surface area (Å²) in [6, 6.07) is 18.4. The van der Waals surface area contributed by atoms with Crippen LogP contribution in [0.15, 0.2) is 54.6 Å². The van der Waals surface area contributed by atoms with Gasteiger partial charge in [0.15, 0.2) is 0 Å². The summed E-state index contributed by atoms with van der Waals surface area (Å²) in [5, 5.41) is 12.6. The van der Waals surface area contributed by atoms with E-state index in [1.807, 2.05) is 30.3 Å². The van der Waals surface area contributed by atoms with Crippen molar-refractivity contribution >= 4 is 0 Å². The molecule has 0 saturated heterocycles. The second kappa shape index (κ2) is 7.81. The molecular weight excluding hydrogens is 262 g/mol. The van der Waals surface area contributed by atoms with E-state index in [2.05, 4.69) is 36.5 Å². The fourth-order valence-corrected chi connectivity index (χ4v) is 2.06. The molecule has 0 saturated carbocycles. The van der Waals surface area contributed by atoms with Crippen molar-refractivity contribution < 1.29 is 9.84 Å². The predicted molar refractivity (Wildman–Crippen MR) is 85.3 cm³/mol. The highest BCUT2D eigenvalue weighted by atomic mass is 16.5. The molecule has 0 heterocycles. The van der Waals surface area contributed by atoms with Crippen molar-refractivity contribution in [2.75, 3.05) is 6.54 Å². The van der Waals surface area contributed by atoms with Gasteiger partial charge in [0, 0.05) is 12.6 Å². The zero-order chi connectivity index (χ0) is 15.1. The molecule has 0 aliphatic carbocycles. The smallest absolute Gasteiger partial charge is 0.119 e. The van der Waals surface area contributed by atoms with Gasteiger partial charge in [0.25, 0.3) is 0 Å². The maximum absolute atomic E-state index is 9.29. The number of aliphatic hydroxyl groups excluding tert-OH is 1. The standard InChI is InChI=1S/C18H23NO2/c1-14(20)12-19-15(2)17-8-10-18(11-9-17)21-13-16-6-4-3-5-7-16/h3-11,14-15,19-20H,12-13H2,1-2H3. The number of hydrogen-bond acceptors (Lipinski definition) is 3. The maximum Gasteiger partial charge on any atom is 0.119 e. The van der Waals surface area contributed by atoms with Crippen molar-refractivity contribution in [3.05, 3.63) is 65.7 Å². The van der Waals surface area contributed by atoms with Crippen molar-refractivity contribution in [2.24, 2.45) is 0 Å². The zero-order valence-electron chi connectivity index (χ0n) is 12.6. The first-order valence-electron chi connectivity index (χ1n) is 7.33. The van der Waals surface area contributed by atoms with Gasteiger partial charge in [0.05, 0.1) is 6.10 Å². The minimum atomic E-state index is -0.332. The lowest BCUT2D eigenvalue weighted by Gasteiger charge is -2.16. The Kier molecular flexibility index (Phi) is 5.78. The lowest BCUT2D eigenvalue weighted by atomic mass is 10.1. The van der Waals surface area contributed by atoms with E-state index in [4.69, 9.17) is 4.74 Å². The Morgan fingerprint density at radius 2 is 1.67 bits per heavy atom. The van der Waals surface area contributed by atoms with Gasteiger partial charge in [-0.2, -0.15) is 0 Å². The van der Waals surface area contributed by atoms with Gasteiger partial charge in [-0.3, -0.25) is 0 Å². The molecule has 2 atom stereocenters. The highest BCUT2D eigenvalue weighted by Gasteiger charge is 2.06. The average Bonchev–Trinajstić information content (AvgIpc) is 2.52. The van der Waals surface area contributed by atoms with Crippen LogP contribution in [0.25, 0.3) is 0 Å². The molecule has 3 heteroatoms. The van der Waals surface area contributed by atoms with E-state index in [-0.39, 0.29) is 12.1 Å². The first-order valence-corrected chi connectivity index (χ1v) is 7.33. The molecular formula is C18H23NO2. The Hall–Kier alpha value is -1.84. The molecule has 0 bridgehead atoms. The van der Waals surface area contributed by atoms with Crippen LogP contribution < -0.4 is 10.1 Å². The van der Waals surface area contributed by atoms with E-state index in [0.29, 0.717) is 13.2 Å². The van der Waals surface area contributed by atoms with Gasteiger partial charge < -0.3 is 15.2 Å². The highest BCUT2D eigenvalue weighted by molar-refractivity contribution is 5.29. The van der Waals surface area contributed by atoms with Crippen LogP contribution in [-0.2, 0) is 6.61 Å². The summed E-state index contributed by atoms with van der Waals surface area (Å²) < 4.78 is 5.76. The number of nitrogens with one attached hydrogen (secondary N) is 1. The molecule has 2 unspecified atom stereocenters. The average molecular weight is 285 g/mol. The minimum absolute atomic E-state index is 0.211. The molecule has 0 aliphatic heterocycles. The molecule has 0 aliphatic rings. The molecule has 2 N–H and O–H groups in total. The van der Waals surface area contributed by atoms with Gasteiger partial charge >= 0.3 is 0 Å². The van der Waals surface area contributed by atoms with E-state index in [0.717, 1.165) is 11.3 Å². The Labute approximate surface area is 126 Å². The first kappa shape index (κ1) is 15.5. The monoisotopic (exact) mass is 285 g/mol. The van der Waals surface area contributed by atoms with Gasteiger partial charge in [0.1, 0.15) is 12.4 Å². The summed E-state index contributed by atoms with van der Waals surface area (Å²) in [5.74, 6) is 0.866. The summed E-state index contributed by atoms with van der Waals surface area (Å²) in [5.41, 5.74) is 2.34. The quantitative estimate of drug-likeness (QED) is 0.820. The molecule has 0 fully saturated rings. The van der Waals surface area contributed by atoms with Crippen LogP contribution in [0.4, 0.5) is 0 Å². The van der Waals surface area contributed by atoms with Gasteiger partial charge in [-0.1, -0.05) is 42.5 Å². The molecule has 0 radical (unpaired) electrons. The zero-order valence-corrected chi connectivity index (χ0v) is 12.6. The van der Waals surface area contributed by atoms with Crippen LogP contribution in [0.3, 0.4) is 0 Å². The third-order valence-electron chi connectivity index (χ3n) is 3.35. The summed E-state index contributed by atoms with van der Waals surface area (Å²) in [6.45, 7) is 5.03.